The Morgan fingerprint density at radius 3 is 2.83 bits per heavy atom. The molecule has 0 bridgehead atoms. The van der Waals surface area contributed by atoms with Crippen LogP contribution in [-0.2, 0) is 0 Å². The Bertz CT molecular complexity index is 1010. The minimum atomic E-state index is -0.795. The summed E-state index contributed by atoms with van der Waals surface area (Å²) in [6.45, 7) is 0. The fourth-order valence-electron chi connectivity index (χ4n) is 2.41. The van der Waals surface area contributed by atoms with Crippen molar-refractivity contribution in [3.05, 3.63) is 66.2 Å². The van der Waals surface area contributed by atoms with E-state index in [2.05, 4.69) is 25.9 Å². The summed E-state index contributed by atoms with van der Waals surface area (Å²) in [6.07, 6.45) is 0. The molecule has 0 fully saturated rings. The van der Waals surface area contributed by atoms with Gasteiger partial charge in [0.1, 0.15) is 17.5 Å². The van der Waals surface area contributed by atoms with E-state index >= 15 is 0 Å². The zero-order valence-corrected chi connectivity index (χ0v) is 13.7. The van der Waals surface area contributed by atoms with Crippen molar-refractivity contribution in [1.29, 1.82) is 5.26 Å². The van der Waals surface area contributed by atoms with Gasteiger partial charge >= 0.3 is 0 Å². The Hall–Kier alpha value is -2.44. The van der Waals surface area contributed by atoms with E-state index in [1.807, 2.05) is 6.07 Å². The molecule has 116 valence electrons. The molecule has 4 N–H and O–H groups in total. The van der Waals surface area contributed by atoms with Crippen LogP contribution in [0.4, 0.5) is 4.39 Å². The molecule has 1 aliphatic heterocycles. The van der Waals surface area contributed by atoms with Gasteiger partial charge in [0.25, 0.3) is 5.56 Å². The minimum absolute atomic E-state index is 0.0621. The maximum Gasteiger partial charge on any atom is 0.259 e. The molecule has 23 heavy (non-hydrogen) atoms. The zero-order valence-electron chi connectivity index (χ0n) is 11.3. The third-order valence-electron chi connectivity index (χ3n) is 3.40. The lowest BCUT2D eigenvalue weighted by atomic mass is 9.85. The number of rotatable bonds is 1. The molecule has 0 radical (unpaired) electrons. The molecule has 0 amide bonds. The predicted octanol–water partition coefficient (Wildman–Crippen LogP) is 2.55. The highest BCUT2D eigenvalue weighted by molar-refractivity contribution is 9.10. The van der Waals surface area contributed by atoms with Crippen LogP contribution in [-0.4, -0.2) is 9.97 Å². The van der Waals surface area contributed by atoms with Crippen LogP contribution in [0.1, 0.15) is 17.0 Å². The third kappa shape index (κ3) is 2.56. The van der Waals surface area contributed by atoms with Gasteiger partial charge in [-0.05, 0) is 45.8 Å². The van der Waals surface area contributed by atoms with Crippen LogP contribution >= 0.6 is 28.1 Å². The lowest BCUT2D eigenvalue weighted by Gasteiger charge is -2.25. The molecule has 9 heteroatoms. The van der Waals surface area contributed by atoms with E-state index in [0.29, 0.717) is 5.56 Å². The summed E-state index contributed by atoms with van der Waals surface area (Å²) in [6, 6.07) is 6.15. The summed E-state index contributed by atoms with van der Waals surface area (Å²) in [5.74, 6) is -1.32. The largest absolute Gasteiger partial charge is 0.424 e. The quantitative estimate of drug-likeness (QED) is 0.644. The molecule has 2 aromatic rings. The molecule has 1 atom stereocenters. The minimum Gasteiger partial charge on any atom is -0.424 e. The highest BCUT2D eigenvalue weighted by Crippen LogP contribution is 2.39. The number of fused-ring (bicyclic) bond motifs is 1. The fourth-order valence-corrected chi connectivity index (χ4v) is 3.00. The van der Waals surface area contributed by atoms with Crippen molar-refractivity contribution in [3.63, 3.8) is 0 Å². The number of aromatic nitrogens is 2. The number of halogens is 2. The van der Waals surface area contributed by atoms with Crippen molar-refractivity contribution in [2.75, 3.05) is 0 Å². The molecule has 1 aromatic carbocycles. The second-order valence-corrected chi connectivity index (χ2v) is 6.01. The van der Waals surface area contributed by atoms with Gasteiger partial charge in [0.05, 0.1) is 16.0 Å². The molecule has 0 spiro atoms. The SMILES string of the molecule is N#CC1=C(N)Oc2[nH]c(=S)[nH]c(=O)c2[C@H]1c1ccc(F)c(Br)c1. The molecule has 0 aliphatic carbocycles. The van der Waals surface area contributed by atoms with Crippen molar-refractivity contribution >= 4 is 28.1 Å². The average molecular weight is 395 g/mol. The van der Waals surface area contributed by atoms with Crippen LogP contribution < -0.4 is 16.0 Å². The molecule has 0 unspecified atom stereocenters. The molecular formula is C14H8BrFN4O2S. The maximum absolute atomic E-state index is 13.5. The number of nitrogens with zero attached hydrogens (tertiary/aromatic N) is 1. The number of ether oxygens (including phenoxy) is 1. The van der Waals surface area contributed by atoms with Gasteiger partial charge in [0.2, 0.25) is 11.8 Å². The Morgan fingerprint density at radius 1 is 1.43 bits per heavy atom. The van der Waals surface area contributed by atoms with Gasteiger partial charge in [0, 0.05) is 0 Å². The van der Waals surface area contributed by atoms with E-state index in [-0.39, 0.29) is 32.1 Å². The summed E-state index contributed by atoms with van der Waals surface area (Å²) < 4.78 is 19.1. The zero-order chi connectivity index (χ0) is 16.7. The van der Waals surface area contributed by atoms with Gasteiger partial charge in [-0.15, -0.1) is 0 Å². The lowest BCUT2D eigenvalue weighted by molar-refractivity contribution is 0.374. The first-order chi connectivity index (χ1) is 10.9. The van der Waals surface area contributed by atoms with Crippen LogP contribution in [0.25, 0.3) is 0 Å². The van der Waals surface area contributed by atoms with E-state index in [1.54, 1.807) is 0 Å². The van der Waals surface area contributed by atoms with Crippen LogP contribution in [0.3, 0.4) is 0 Å². The smallest absolute Gasteiger partial charge is 0.259 e. The number of hydrogen-bond acceptors (Lipinski definition) is 5. The fraction of sp³-hybridized carbons (Fsp3) is 0.0714. The highest BCUT2D eigenvalue weighted by Gasteiger charge is 2.34. The van der Waals surface area contributed by atoms with E-state index < -0.39 is 17.3 Å². The molecule has 1 aliphatic rings. The Labute approximate surface area is 142 Å². The lowest BCUT2D eigenvalue weighted by Crippen LogP contribution is -2.28. The van der Waals surface area contributed by atoms with E-state index in [4.69, 9.17) is 22.7 Å². The first-order valence-electron chi connectivity index (χ1n) is 6.31. The second-order valence-electron chi connectivity index (χ2n) is 4.75. The number of nitrogens with one attached hydrogen (secondary N) is 2. The standard InChI is InChI=1S/C14H8BrFN4O2S/c15-7-3-5(1-2-8(7)16)9-6(4-17)11(18)22-13-10(9)12(21)19-14(23)20-13/h1-3,9H,18H2,(H2,19,20,21,23)/t9-/m0/s1. The van der Waals surface area contributed by atoms with E-state index in [0.717, 1.165) is 0 Å². The Morgan fingerprint density at radius 2 is 2.17 bits per heavy atom. The van der Waals surface area contributed by atoms with Crippen molar-refractivity contribution in [2.24, 2.45) is 5.73 Å². The number of nitrogens with two attached hydrogens (primary N) is 1. The average Bonchev–Trinajstić information content (AvgIpc) is 2.48. The highest BCUT2D eigenvalue weighted by atomic mass is 79.9. The van der Waals surface area contributed by atoms with Crippen LogP contribution in [0.2, 0.25) is 0 Å². The molecule has 3 rings (SSSR count). The van der Waals surface area contributed by atoms with Crippen LogP contribution in [0, 0.1) is 21.9 Å². The van der Waals surface area contributed by atoms with Gasteiger partial charge in [-0.3, -0.25) is 9.78 Å². The molecule has 2 heterocycles. The van der Waals surface area contributed by atoms with Gasteiger partial charge in [0.15, 0.2) is 4.77 Å². The number of aromatic amines is 2. The van der Waals surface area contributed by atoms with E-state index in [1.165, 1.54) is 18.2 Å². The summed E-state index contributed by atoms with van der Waals surface area (Å²) in [5.41, 5.74) is 6.01. The van der Waals surface area contributed by atoms with Crippen molar-refractivity contribution in [2.45, 2.75) is 5.92 Å². The predicted molar refractivity (Wildman–Crippen MR) is 85.6 cm³/mol. The van der Waals surface area contributed by atoms with Crippen LogP contribution in [0.5, 0.6) is 5.88 Å². The van der Waals surface area contributed by atoms with Crippen molar-refractivity contribution in [1.82, 2.24) is 9.97 Å². The topological polar surface area (TPSA) is 108 Å². The van der Waals surface area contributed by atoms with Crippen molar-refractivity contribution < 1.29 is 9.13 Å². The van der Waals surface area contributed by atoms with Crippen LogP contribution in [0.15, 0.2) is 38.9 Å². The van der Waals surface area contributed by atoms with Gasteiger partial charge in [-0.25, -0.2) is 4.39 Å². The van der Waals surface area contributed by atoms with Gasteiger partial charge in [-0.1, -0.05) is 6.07 Å². The Balaban J connectivity index is 2.33. The summed E-state index contributed by atoms with van der Waals surface area (Å²) in [4.78, 5) is 17.5. The molecule has 1 aromatic heterocycles. The Kier molecular flexibility index (Phi) is 3.79. The second kappa shape index (κ2) is 5.64. The summed E-state index contributed by atoms with van der Waals surface area (Å²) in [7, 11) is 0. The summed E-state index contributed by atoms with van der Waals surface area (Å²) >= 11 is 8.00. The number of H-pyrrole nitrogens is 2. The van der Waals surface area contributed by atoms with Gasteiger partial charge < -0.3 is 15.5 Å². The molecule has 6 nitrogen and oxygen atoms in total. The van der Waals surface area contributed by atoms with E-state index in [9.17, 15) is 14.4 Å². The normalized spacial score (nSPS) is 16.5. The first-order valence-corrected chi connectivity index (χ1v) is 7.51. The molecular weight excluding hydrogens is 387 g/mol. The first kappa shape index (κ1) is 15.5. The number of benzene rings is 1. The monoisotopic (exact) mass is 394 g/mol. The number of nitriles is 1. The third-order valence-corrected chi connectivity index (χ3v) is 4.21. The van der Waals surface area contributed by atoms with Crippen molar-refractivity contribution in [3.8, 4) is 11.9 Å². The number of hydrogen-bond donors (Lipinski definition) is 3. The van der Waals surface area contributed by atoms with Gasteiger partial charge in [-0.2, -0.15) is 5.26 Å². The molecule has 0 saturated carbocycles. The number of allylic oxidation sites excluding steroid dienone is 1. The summed E-state index contributed by atoms with van der Waals surface area (Å²) in [5, 5.41) is 9.39. The molecule has 0 saturated heterocycles. The maximum atomic E-state index is 13.5.